The van der Waals surface area contributed by atoms with Crippen LogP contribution >= 0.6 is 23.2 Å². The number of halogens is 2. The number of fused-ring (bicyclic) bond motifs is 1. The predicted molar refractivity (Wildman–Crippen MR) is 106 cm³/mol. The summed E-state index contributed by atoms with van der Waals surface area (Å²) in [6.07, 6.45) is 1.78. The Balaban J connectivity index is 1.53. The van der Waals surface area contributed by atoms with Crippen molar-refractivity contribution < 1.29 is 4.79 Å². The van der Waals surface area contributed by atoms with Crippen LogP contribution in [0.3, 0.4) is 0 Å². The van der Waals surface area contributed by atoms with Crippen LogP contribution < -0.4 is 0 Å². The number of rotatable bonds is 1. The minimum Gasteiger partial charge on any atom is -0.331 e. The van der Waals surface area contributed by atoms with Gasteiger partial charge in [-0.25, -0.2) is 4.98 Å². The number of imidazole rings is 1. The third-order valence-electron chi connectivity index (χ3n) is 4.39. The van der Waals surface area contributed by atoms with Crippen LogP contribution in [0, 0.1) is 11.8 Å². The lowest BCUT2D eigenvalue weighted by Gasteiger charge is -2.28. The molecule has 0 aliphatic carbocycles. The van der Waals surface area contributed by atoms with E-state index in [2.05, 4.69) is 21.4 Å². The smallest absolute Gasteiger partial charge is 0.254 e. The highest BCUT2D eigenvalue weighted by molar-refractivity contribution is 6.31. The van der Waals surface area contributed by atoms with E-state index in [1.54, 1.807) is 35.4 Å². The average molecular weight is 396 g/mol. The molecular weight excluding hydrogens is 381 g/mol. The van der Waals surface area contributed by atoms with E-state index in [0.29, 0.717) is 41.1 Å². The third-order valence-corrected chi connectivity index (χ3v) is 4.86. The molecule has 27 heavy (non-hydrogen) atoms. The lowest BCUT2D eigenvalue weighted by atomic mass is 10.2. The molecule has 134 valence electrons. The maximum absolute atomic E-state index is 12.7. The average Bonchev–Trinajstić information content (AvgIpc) is 3.08. The molecule has 0 saturated carbocycles. The Labute approximate surface area is 167 Å². The fraction of sp³-hybridized carbons (Fsp3) is 0.143. The highest BCUT2D eigenvalue weighted by Gasteiger charge is 2.23. The first kappa shape index (κ1) is 17.7. The fourth-order valence-corrected chi connectivity index (χ4v) is 3.43. The summed E-state index contributed by atoms with van der Waals surface area (Å²) in [7, 11) is 0. The molecule has 1 aromatic heterocycles. The molecule has 4 nitrogen and oxygen atoms in total. The van der Waals surface area contributed by atoms with E-state index < -0.39 is 0 Å². The van der Waals surface area contributed by atoms with Crippen molar-refractivity contribution in [1.82, 2.24) is 14.5 Å². The van der Waals surface area contributed by atoms with Crippen LogP contribution in [0.2, 0.25) is 10.0 Å². The quantitative estimate of drug-likeness (QED) is 0.577. The molecule has 1 aliphatic heterocycles. The summed E-state index contributed by atoms with van der Waals surface area (Å²) in [5.41, 5.74) is 2.40. The zero-order valence-electron chi connectivity index (χ0n) is 14.3. The van der Waals surface area contributed by atoms with Crippen LogP contribution in [-0.2, 0) is 13.1 Å². The van der Waals surface area contributed by atoms with Crippen LogP contribution in [0.15, 0.2) is 54.7 Å². The van der Waals surface area contributed by atoms with Crippen LogP contribution in [0.25, 0.3) is 0 Å². The highest BCUT2D eigenvalue weighted by Crippen LogP contribution is 2.19. The molecule has 3 aromatic rings. The van der Waals surface area contributed by atoms with Gasteiger partial charge in [-0.3, -0.25) is 4.79 Å². The monoisotopic (exact) mass is 395 g/mol. The van der Waals surface area contributed by atoms with Crippen molar-refractivity contribution >= 4 is 29.1 Å². The second-order valence-electron chi connectivity index (χ2n) is 6.22. The van der Waals surface area contributed by atoms with Crippen LogP contribution in [0.4, 0.5) is 0 Å². The normalized spacial score (nSPS) is 12.9. The standard InChI is InChI=1S/C21H15Cl2N3O/c22-17-5-1-3-15(11-17)7-8-20-24-13-19-14-25(9-10-26(19)20)21(27)16-4-2-6-18(23)12-16/h1-6,11-13H,9-10,14H2. The first-order valence-corrected chi connectivity index (χ1v) is 9.22. The van der Waals surface area contributed by atoms with E-state index >= 15 is 0 Å². The Kier molecular flexibility index (Phi) is 4.89. The van der Waals surface area contributed by atoms with E-state index in [4.69, 9.17) is 23.2 Å². The first-order chi connectivity index (χ1) is 13.1. The van der Waals surface area contributed by atoms with Gasteiger partial charge in [0, 0.05) is 34.3 Å². The van der Waals surface area contributed by atoms with Gasteiger partial charge in [-0.15, -0.1) is 0 Å². The topological polar surface area (TPSA) is 38.1 Å². The number of hydrogen-bond acceptors (Lipinski definition) is 2. The van der Waals surface area contributed by atoms with Crippen molar-refractivity contribution in [2.45, 2.75) is 13.1 Å². The van der Waals surface area contributed by atoms with Crippen molar-refractivity contribution in [2.75, 3.05) is 6.54 Å². The van der Waals surface area contributed by atoms with Gasteiger partial charge in [-0.05, 0) is 42.3 Å². The SMILES string of the molecule is O=C(c1cccc(Cl)c1)N1CCn2c(cnc2C#Cc2cccc(Cl)c2)C1. The van der Waals surface area contributed by atoms with E-state index in [0.717, 1.165) is 11.3 Å². The molecule has 0 bridgehead atoms. The van der Waals surface area contributed by atoms with E-state index in [-0.39, 0.29) is 5.91 Å². The van der Waals surface area contributed by atoms with Gasteiger partial charge >= 0.3 is 0 Å². The van der Waals surface area contributed by atoms with Crippen molar-refractivity contribution in [2.24, 2.45) is 0 Å². The van der Waals surface area contributed by atoms with Crippen molar-refractivity contribution in [3.05, 3.63) is 87.4 Å². The Hall–Kier alpha value is -2.74. The Morgan fingerprint density at radius 1 is 1.00 bits per heavy atom. The minimum atomic E-state index is -0.0310. The van der Waals surface area contributed by atoms with E-state index in [9.17, 15) is 4.79 Å². The van der Waals surface area contributed by atoms with Gasteiger partial charge in [0.25, 0.3) is 5.91 Å². The molecule has 0 unspecified atom stereocenters. The Bertz CT molecular complexity index is 1080. The second-order valence-corrected chi connectivity index (χ2v) is 7.10. The summed E-state index contributed by atoms with van der Waals surface area (Å²) in [5, 5.41) is 1.21. The molecule has 0 fully saturated rings. The molecule has 2 heterocycles. The van der Waals surface area contributed by atoms with Crippen LogP contribution in [0.5, 0.6) is 0 Å². The van der Waals surface area contributed by atoms with Crippen molar-refractivity contribution in [1.29, 1.82) is 0 Å². The third kappa shape index (κ3) is 3.85. The van der Waals surface area contributed by atoms with Gasteiger partial charge in [-0.2, -0.15) is 0 Å². The maximum Gasteiger partial charge on any atom is 0.254 e. The zero-order chi connectivity index (χ0) is 18.8. The van der Waals surface area contributed by atoms with Gasteiger partial charge < -0.3 is 9.47 Å². The number of hydrogen-bond donors (Lipinski definition) is 0. The molecule has 4 rings (SSSR count). The molecule has 1 aliphatic rings. The summed E-state index contributed by atoms with van der Waals surface area (Å²) in [6, 6.07) is 14.4. The fourth-order valence-electron chi connectivity index (χ4n) is 3.05. The predicted octanol–water partition coefficient (Wildman–Crippen LogP) is 4.25. The first-order valence-electron chi connectivity index (χ1n) is 8.47. The molecule has 2 aromatic carbocycles. The van der Waals surface area contributed by atoms with Crippen molar-refractivity contribution in [3.8, 4) is 11.8 Å². The highest BCUT2D eigenvalue weighted by atomic mass is 35.5. The summed E-state index contributed by atoms with van der Waals surface area (Å²) in [4.78, 5) is 18.9. The molecule has 0 atom stereocenters. The number of aromatic nitrogens is 2. The number of carbonyl (C=O) groups excluding carboxylic acids is 1. The Morgan fingerprint density at radius 2 is 1.78 bits per heavy atom. The minimum absolute atomic E-state index is 0.0310. The van der Waals surface area contributed by atoms with Gasteiger partial charge in [0.1, 0.15) is 0 Å². The van der Waals surface area contributed by atoms with E-state index in [1.165, 1.54) is 0 Å². The van der Waals surface area contributed by atoms with Gasteiger partial charge in [-0.1, -0.05) is 41.3 Å². The molecular formula is C21H15Cl2N3O. The molecule has 0 radical (unpaired) electrons. The number of benzene rings is 2. The lowest BCUT2D eigenvalue weighted by Crippen LogP contribution is -2.38. The molecule has 0 saturated heterocycles. The zero-order valence-corrected chi connectivity index (χ0v) is 15.8. The molecule has 0 spiro atoms. The molecule has 0 N–H and O–H groups in total. The van der Waals surface area contributed by atoms with Gasteiger partial charge in [0.05, 0.1) is 18.4 Å². The largest absolute Gasteiger partial charge is 0.331 e. The van der Waals surface area contributed by atoms with E-state index in [1.807, 2.05) is 24.3 Å². The summed E-state index contributed by atoms with van der Waals surface area (Å²) in [5.74, 6) is 6.86. The van der Waals surface area contributed by atoms with Crippen LogP contribution in [-0.4, -0.2) is 26.9 Å². The number of carbonyl (C=O) groups is 1. The molecule has 1 amide bonds. The second kappa shape index (κ2) is 7.48. The van der Waals surface area contributed by atoms with Crippen LogP contribution in [0.1, 0.15) is 27.4 Å². The van der Waals surface area contributed by atoms with Crippen molar-refractivity contribution in [3.63, 3.8) is 0 Å². The summed E-state index contributed by atoms with van der Waals surface area (Å²) >= 11 is 12.0. The van der Waals surface area contributed by atoms with Gasteiger partial charge in [0.2, 0.25) is 0 Å². The Morgan fingerprint density at radius 3 is 2.56 bits per heavy atom. The summed E-state index contributed by atoms with van der Waals surface area (Å²) < 4.78 is 2.05. The molecule has 6 heteroatoms. The summed E-state index contributed by atoms with van der Waals surface area (Å²) in [6.45, 7) is 1.75. The number of amides is 1. The maximum atomic E-state index is 12.7. The van der Waals surface area contributed by atoms with Gasteiger partial charge in [0.15, 0.2) is 5.82 Å². The number of nitrogens with zero attached hydrogens (tertiary/aromatic N) is 3. The lowest BCUT2D eigenvalue weighted by molar-refractivity contribution is 0.0711.